The number of hydrogen-bond donors (Lipinski definition) is 0. The van der Waals surface area contributed by atoms with Crippen molar-refractivity contribution in [1.29, 1.82) is 0 Å². The fourth-order valence-corrected chi connectivity index (χ4v) is 10.5. The summed E-state index contributed by atoms with van der Waals surface area (Å²) in [6.07, 6.45) is 20.2. The molecule has 3 nitrogen and oxygen atoms in total. The van der Waals surface area contributed by atoms with Crippen molar-refractivity contribution in [3.8, 4) is 0 Å². The van der Waals surface area contributed by atoms with Crippen LogP contribution < -0.4 is 0 Å². The Labute approximate surface area is 228 Å². The van der Waals surface area contributed by atoms with E-state index < -0.39 is 0 Å². The summed E-state index contributed by atoms with van der Waals surface area (Å²) in [5.74, 6) is 4.97. The Morgan fingerprint density at radius 3 is 2.46 bits per heavy atom. The van der Waals surface area contributed by atoms with E-state index in [9.17, 15) is 4.79 Å². The maximum atomic E-state index is 11.8. The van der Waals surface area contributed by atoms with Gasteiger partial charge in [-0.3, -0.25) is 9.69 Å². The summed E-state index contributed by atoms with van der Waals surface area (Å²) in [4.78, 5) is 14.7. The molecule has 0 bridgehead atoms. The van der Waals surface area contributed by atoms with Gasteiger partial charge in [-0.25, -0.2) is 0 Å². The Hall–Kier alpha value is -0.830. The molecule has 0 aromatic rings. The molecule has 210 valence electrons. The molecule has 0 aromatic carbocycles. The van der Waals surface area contributed by atoms with Crippen LogP contribution in [0.3, 0.4) is 0 Å². The molecule has 0 spiro atoms. The number of carbonyl (C=O) groups is 1. The van der Waals surface area contributed by atoms with Crippen molar-refractivity contribution in [3.05, 3.63) is 11.6 Å². The molecule has 37 heavy (non-hydrogen) atoms. The maximum absolute atomic E-state index is 11.8. The zero-order valence-electron chi connectivity index (χ0n) is 25.1. The Kier molecular flexibility index (Phi) is 8.22. The number of rotatable bonds is 7. The first-order valence-corrected chi connectivity index (χ1v) is 16.3. The van der Waals surface area contributed by atoms with E-state index in [4.69, 9.17) is 4.74 Å². The lowest BCUT2D eigenvalue weighted by molar-refractivity contribution is -0.149. The quantitative estimate of drug-likeness (QED) is 0.254. The first-order valence-electron chi connectivity index (χ1n) is 16.3. The van der Waals surface area contributed by atoms with Crippen molar-refractivity contribution < 1.29 is 9.53 Å². The predicted molar refractivity (Wildman–Crippen MR) is 153 cm³/mol. The molecule has 1 aliphatic heterocycles. The predicted octanol–water partition coefficient (Wildman–Crippen LogP) is 8.42. The molecule has 3 heteroatoms. The second-order valence-electron chi connectivity index (χ2n) is 15.0. The SMILES string of the molecule is CC(=O)O[C@H]1CC[C@@]2(C)C(=C[C@@H](N3CCCCC3)[C@H]3[C@@H]4CC[C@H]([C@@H](C)CCCC(C)C)[C@@]4(C)CC[C@@H]32)C1. The van der Waals surface area contributed by atoms with Gasteiger partial charge >= 0.3 is 5.97 Å². The summed E-state index contributed by atoms with van der Waals surface area (Å²) in [5, 5.41) is 0. The summed E-state index contributed by atoms with van der Waals surface area (Å²) >= 11 is 0. The van der Waals surface area contributed by atoms with Crippen molar-refractivity contribution in [2.24, 2.45) is 46.3 Å². The van der Waals surface area contributed by atoms with Crippen LogP contribution in [0.5, 0.6) is 0 Å². The van der Waals surface area contributed by atoms with Gasteiger partial charge in [0.15, 0.2) is 0 Å². The zero-order chi connectivity index (χ0) is 26.4. The number of carbonyl (C=O) groups excluding carboxylic acids is 1. The highest BCUT2D eigenvalue weighted by Gasteiger charge is 2.61. The van der Waals surface area contributed by atoms with Gasteiger partial charge in [-0.1, -0.05) is 72.0 Å². The van der Waals surface area contributed by atoms with Crippen molar-refractivity contribution >= 4 is 5.97 Å². The van der Waals surface area contributed by atoms with Crippen LogP contribution in [0.2, 0.25) is 0 Å². The van der Waals surface area contributed by atoms with Crippen LogP contribution >= 0.6 is 0 Å². The lowest BCUT2D eigenvalue weighted by atomic mass is 9.45. The highest BCUT2D eigenvalue weighted by Crippen LogP contribution is 2.68. The van der Waals surface area contributed by atoms with Crippen LogP contribution in [-0.2, 0) is 9.53 Å². The Bertz CT molecular complexity index is 843. The van der Waals surface area contributed by atoms with Gasteiger partial charge in [0, 0.05) is 19.4 Å². The Morgan fingerprint density at radius 1 is 1.00 bits per heavy atom. The van der Waals surface area contributed by atoms with Gasteiger partial charge in [-0.05, 0) is 111 Å². The van der Waals surface area contributed by atoms with E-state index in [1.54, 1.807) is 12.5 Å². The molecular weight excluding hydrogens is 454 g/mol. The van der Waals surface area contributed by atoms with E-state index in [0.29, 0.717) is 16.9 Å². The minimum Gasteiger partial charge on any atom is -0.462 e. The molecule has 0 radical (unpaired) electrons. The van der Waals surface area contributed by atoms with Crippen molar-refractivity contribution in [2.75, 3.05) is 13.1 Å². The molecular formula is C34H57NO2. The monoisotopic (exact) mass is 511 g/mol. The van der Waals surface area contributed by atoms with E-state index >= 15 is 0 Å². The minimum absolute atomic E-state index is 0.0896. The molecule has 1 heterocycles. The van der Waals surface area contributed by atoms with E-state index in [-0.39, 0.29) is 12.1 Å². The third-order valence-electron chi connectivity index (χ3n) is 12.4. The maximum Gasteiger partial charge on any atom is 0.302 e. The largest absolute Gasteiger partial charge is 0.462 e. The van der Waals surface area contributed by atoms with Crippen LogP contribution in [0.1, 0.15) is 125 Å². The molecule has 4 fully saturated rings. The van der Waals surface area contributed by atoms with Gasteiger partial charge in [0.05, 0.1) is 0 Å². The summed E-state index contributed by atoms with van der Waals surface area (Å²) in [6.45, 7) is 16.8. The molecule has 5 rings (SSSR count). The lowest BCUT2D eigenvalue weighted by Gasteiger charge is -2.62. The van der Waals surface area contributed by atoms with Crippen LogP contribution in [0, 0.1) is 46.3 Å². The molecule has 1 saturated heterocycles. The average molecular weight is 512 g/mol. The second-order valence-corrected chi connectivity index (χ2v) is 15.0. The number of hydrogen-bond acceptors (Lipinski definition) is 3. The van der Waals surface area contributed by atoms with Gasteiger partial charge in [0.25, 0.3) is 0 Å². The summed E-state index contributed by atoms with van der Waals surface area (Å²) in [7, 11) is 0. The minimum atomic E-state index is -0.108. The third kappa shape index (κ3) is 5.21. The van der Waals surface area contributed by atoms with Crippen molar-refractivity contribution in [2.45, 2.75) is 137 Å². The van der Waals surface area contributed by atoms with Crippen LogP contribution in [0.15, 0.2) is 11.6 Å². The van der Waals surface area contributed by atoms with Gasteiger partial charge in [0.2, 0.25) is 0 Å². The highest BCUT2D eigenvalue weighted by atomic mass is 16.5. The highest BCUT2D eigenvalue weighted by molar-refractivity contribution is 5.66. The van der Waals surface area contributed by atoms with E-state index in [1.165, 1.54) is 83.7 Å². The fourth-order valence-electron chi connectivity index (χ4n) is 10.5. The summed E-state index contributed by atoms with van der Waals surface area (Å²) in [5.41, 5.74) is 2.46. The van der Waals surface area contributed by atoms with E-state index in [1.807, 2.05) is 0 Å². The Morgan fingerprint density at radius 2 is 1.76 bits per heavy atom. The van der Waals surface area contributed by atoms with Gasteiger partial charge in [-0.2, -0.15) is 0 Å². The topological polar surface area (TPSA) is 29.5 Å². The van der Waals surface area contributed by atoms with Crippen LogP contribution in [-0.4, -0.2) is 36.1 Å². The molecule has 4 aliphatic carbocycles. The Balaban J connectivity index is 1.43. The number of likely N-dealkylation sites (tertiary alicyclic amines) is 1. The fraction of sp³-hybridized carbons (Fsp3) is 0.912. The van der Waals surface area contributed by atoms with Crippen LogP contribution in [0.4, 0.5) is 0 Å². The van der Waals surface area contributed by atoms with Crippen molar-refractivity contribution in [1.82, 2.24) is 4.90 Å². The smallest absolute Gasteiger partial charge is 0.302 e. The lowest BCUT2D eigenvalue weighted by Crippen LogP contribution is -2.59. The molecule has 9 atom stereocenters. The normalized spacial score (nSPS) is 42.9. The van der Waals surface area contributed by atoms with Gasteiger partial charge in [-0.15, -0.1) is 0 Å². The molecule has 0 aromatic heterocycles. The molecule has 0 N–H and O–H groups in total. The molecule has 0 unspecified atom stereocenters. The molecule has 0 amide bonds. The average Bonchev–Trinajstić information content (AvgIpc) is 3.21. The number of fused-ring (bicyclic) bond motifs is 5. The van der Waals surface area contributed by atoms with Gasteiger partial charge in [0.1, 0.15) is 6.10 Å². The zero-order valence-corrected chi connectivity index (χ0v) is 25.1. The summed E-state index contributed by atoms with van der Waals surface area (Å²) < 4.78 is 5.78. The standard InChI is InChI=1S/C34H57NO2/c1-23(2)11-10-12-24(3)28-13-14-29-32-30(16-18-34(28,29)6)33(5)17-15-27(37-25(4)36)21-26(33)22-31(32)35-19-8-7-9-20-35/h22-24,27-32H,7-21H2,1-6H3/t24-,27-,28+,29-,30-,31+,32-,33-,34+/m0/s1. The number of esters is 1. The first kappa shape index (κ1) is 27.7. The van der Waals surface area contributed by atoms with Crippen molar-refractivity contribution in [3.63, 3.8) is 0 Å². The number of nitrogens with zero attached hydrogens (tertiary/aromatic N) is 1. The first-order chi connectivity index (χ1) is 17.6. The number of piperidine rings is 1. The molecule has 3 saturated carbocycles. The van der Waals surface area contributed by atoms with E-state index in [0.717, 1.165) is 48.3 Å². The summed E-state index contributed by atoms with van der Waals surface area (Å²) in [6, 6.07) is 0.601. The second kappa shape index (κ2) is 11.0. The van der Waals surface area contributed by atoms with Gasteiger partial charge < -0.3 is 4.74 Å². The van der Waals surface area contributed by atoms with E-state index in [2.05, 4.69) is 45.6 Å². The third-order valence-corrected chi connectivity index (χ3v) is 12.4. The van der Waals surface area contributed by atoms with Crippen LogP contribution in [0.25, 0.3) is 0 Å². The number of ether oxygens (including phenoxy) is 1. The molecule has 5 aliphatic rings.